The number of hydrogen-bond acceptors (Lipinski definition) is 3. The summed E-state index contributed by atoms with van der Waals surface area (Å²) >= 11 is 0. The lowest BCUT2D eigenvalue weighted by molar-refractivity contribution is 0.427. The van der Waals surface area contributed by atoms with Gasteiger partial charge < -0.3 is 10.2 Å². The molecule has 70 valence electrons. The Morgan fingerprint density at radius 1 is 1.54 bits per heavy atom. The van der Waals surface area contributed by atoms with Crippen molar-refractivity contribution in [2.75, 3.05) is 0 Å². The largest absolute Gasteiger partial charge is 0.463 e. The molecule has 0 aliphatic heterocycles. The Morgan fingerprint density at radius 3 is 2.69 bits per heavy atom. The van der Waals surface area contributed by atoms with Crippen molar-refractivity contribution in [2.45, 2.75) is 32.2 Å². The van der Waals surface area contributed by atoms with Crippen LogP contribution >= 0.6 is 0 Å². The van der Waals surface area contributed by atoms with E-state index in [9.17, 15) is 0 Å². The lowest BCUT2D eigenvalue weighted by Gasteiger charge is -2.03. The van der Waals surface area contributed by atoms with E-state index in [0.717, 1.165) is 12.2 Å². The van der Waals surface area contributed by atoms with Gasteiger partial charge in [0.05, 0.1) is 6.07 Å². The summed E-state index contributed by atoms with van der Waals surface area (Å²) in [7, 11) is 0. The maximum atomic E-state index is 8.56. The Hall–Kier alpha value is -1.27. The summed E-state index contributed by atoms with van der Waals surface area (Å²) in [5.41, 5.74) is 5.49. The lowest BCUT2D eigenvalue weighted by atomic mass is 10.1. The van der Waals surface area contributed by atoms with Crippen molar-refractivity contribution >= 4 is 0 Å². The minimum Gasteiger partial charge on any atom is -0.463 e. The number of nitrogens with zero attached hydrogens (tertiary/aromatic N) is 1. The van der Waals surface area contributed by atoms with Gasteiger partial charge in [0.25, 0.3) is 0 Å². The molecule has 0 saturated heterocycles. The van der Waals surface area contributed by atoms with Crippen molar-refractivity contribution in [3.63, 3.8) is 0 Å². The molecule has 0 amide bonds. The molecule has 0 spiro atoms. The van der Waals surface area contributed by atoms with Crippen LogP contribution < -0.4 is 5.73 Å². The zero-order chi connectivity index (χ0) is 9.84. The Balaban J connectivity index is 2.81. The topological polar surface area (TPSA) is 63.0 Å². The molecule has 0 bridgehead atoms. The molecule has 2 atom stereocenters. The van der Waals surface area contributed by atoms with Crippen molar-refractivity contribution in [3.05, 3.63) is 23.7 Å². The van der Waals surface area contributed by atoms with Gasteiger partial charge in [0.15, 0.2) is 6.04 Å². The summed E-state index contributed by atoms with van der Waals surface area (Å²) < 4.78 is 5.44. The average molecular weight is 178 g/mol. The molecule has 0 radical (unpaired) electrons. The van der Waals surface area contributed by atoms with Crippen LogP contribution in [0.15, 0.2) is 16.5 Å². The van der Waals surface area contributed by atoms with Gasteiger partial charge in [-0.25, -0.2) is 0 Å². The lowest BCUT2D eigenvalue weighted by Crippen LogP contribution is -2.05. The third-order valence-corrected chi connectivity index (χ3v) is 2.19. The van der Waals surface area contributed by atoms with Crippen LogP contribution in [0, 0.1) is 11.3 Å². The molecule has 1 rings (SSSR count). The molecular weight excluding hydrogens is 164 g/mol. The molecule has 2 N–H and O–H groups in total. The number of nitrogens with two attached hydrogens (primary N) is 1. The monoisotopic (exact) mass is 178 g/mol. The third kappa shape index (κ3) is 2.10. The highest BCUT2D eigenvalue weighted by Crippen LogP contribution is 2.23. The van der Waals surface area contributed by atoms with Crippen LogP contribution in [0.25, 0.3) is 0 Å². The first-order chi connectivity index (χ1) is 6.19. The highest BCUT2D eigenvalue weighted by Gasteiger charge is 2.12. The van der Waals surface area contributed by atoms with Crippen LogP contribution in [0.4, 0.5) is 0 Å². The van der Waals surface area contributed by atoms with E-state index in [2.05, 4.69) is 13.8 Å². The minimum absolute atomic E-state index is 0.389. The van der Waals surface area contributed by atoms with Gasteiger partial charge in [-0.1, -0.05) is 13.8 Å². The van der Waals surface area contributed by atoms with Crippen molar-refractivity contribution in [3.8, 4) is 6.07 Å². The summed E-state index contributed by atoms with van der Waals surface area (Å²) in [6.45, 7) is 4.18. The second kappa shape index (κ2) is 4.11. The summed E-state index contributed by atoms with van der Waals surface area (Å²) in [5.74, 6) is 1.85. The van der Waals surface area contributed by atoms with Crippen molar-refractivity contribution in [1.29, 1.82) is 5.26 Å². The first-order valence-electron chi connectivity index (χ1n) is 4.43. The van der Waals surface area contributed by atoms with Crippen LogP contribution in [0.2, 0.25) is 0 Å². The molecule has 3 heteroatoms. The Kier molecular flexibility index (Phi) is 3.10. The van der Waals surface area contributed by atoms with Gasteiger partial charge in [-0.3, -0.25) is 0 Å². The van der Waals surface area contributed by atoms with E-state index in [0.29, 0.717) is 11.7 Å². The molecule has 13 heavy (non-hydrogen) atoms. The maximum absolute atomic E-state index is 8.56. The van der Waals surface area contributed by atoms with Crippen LogP contribution in [0.1, 0.15) is 43.7 Å². The van der Waals surface area contributed by atoms with E-state index in [4.69, 9.17) is 15.4 Å². The van der Waals surface area contributed by atoms with E-state index in [-0.39, 0.29) is 0 Å². The Bertz CT molecular complexity index is 311. The first kappa shape index (κ1) is 9.82. The molecule has 0 aliphatic carbocycles. The third-order valence-electron chi connectivity index (χ3n) is 2.19. The molecule has 1 aromatic heterocycles. The fraction of sp³-hybridized carbons (Fsp3) is 0.500. The Morgan fingerprint density at radius 2 is 2.15 bits per heavy atom. The molecule has 3 nitrogen and oxygen atoms in total. The molecule has 0 aromatic carbocycles. The predicted octanol–water partition coefficient (Wildman–Crippen LogP) is 2.32. The molecule has 0 aliphatic rings. The van der Waals surface area contributed by atoms with Crippen LogP contribution in [-0.2, 0) is 0 Å². The molecular formula is C10H14N2O. The molecule has 0 fully saturated rings. The van der Waals surface area contributed by atoms with Gasteiger partial charge in [-0.2, -0.15) is 5.26 Å². The van der Waals surface area contributed by atoms with Gasteiger partial charge >= 0.3 is 0 Å². The minimum atomic E-state index is -0.641. The number of hydrogen-bond donors (Lipinski definition) is 1. The van der Waals surface area contributed by atoms with Gasteiger partial charge in [-0.15, -0.1) is 0 Å². The number of rotatable bonds is 3. The quantitative estimate of drug-likeness (QED) is 0.772. The summed E-state index contributed by atoms with van der Waals surface area (Å²) in [5, 5.41) is 8.56. The first-order valence-corrected chi connectivity index (χ1v) is 4.43. The summed E-state index contributed by atoms with van der Waals surface area (Å²) in [6.07, 6.45) is 1.02. The molecule has 1 aromatic rings. The van der Waals surface area contributed by atoms with E-state index in [1.54, 1.807) is 6.07 Å². The average Bonchev–Trinajstić information content (AvgIpc) is 2.64. The van der Waals surface area contributed by atoms with Crippen LogP contribution in [-0.4, -0.2) is 0 Å². The van der Waals surface area contributed by atoms with E-state index >= 15 is 0 Å². The highest BCUT2D eigenvalue weighted by molar-refractivity contribution is 5.17. The molecule has 0 saturated carbocycles. The number of furan rings is 1. The molecule has 2 unspecified atom stereocenters. The molecule has 1 heterocycles. The second-order valence-corrected chi connectivity index (χ2v) is 3.16. The maximum Gasteiger partial charge on any atom is 0.151 e. The smallest absolute Gasteiger partial charge is 0.151 e. The Labute approximate surface area is 78.1 Å². The van der Waals surface area contributed by atoms with E-state index in [1.807, 2.05) is 12.1 Å². The normalized spacial score (nSPS) is 14.9. The van der Waals surface area contributed by atoms with E-state index < -0.39 is 6.04 Å². The van der Waals surface area contributed by atoms with Gasteiger partial charge in [0, 0.05) is 5.92 Å². The summed E-state index contributed by atoms with van der Waals surface area (Å²) in [4.78, 5) is 0. The van der Waals surface area contributed by atoms with Crippen molar-refractivity contribution < 1.29 is 4.42 Å². The highest BCUT2D eigenvalue weighted by atomic mass is 16.3. The van der Waals surface area contributed by atoms with Crippen LogP contribution in [0.3, 0.4) is 0 Å². The number of nitriles is 1. The van der Waals surface area contributed by atoms with Crippen molar-refractivity contribution in [2.24, 2.45) is 5.73 Å². The standard InChI is InChI=1S/C10H14N2O/c1-3-7(2)9-4-5-10(13-9)8(12)6-11/h4-5,7-8H,3,12H2,1-2H3. The van der Waals surface area contributed by atoms with Crippen LogP contribution in [0.5, 0.6) is 0 Å². The van der Waals surface area contributed by atoms with Gasteiger partial charge in [0.1, 0.15) is 11.5 Å². The van der Waals surface area contributed by atoms with E-state index in [1.165, 1.54) is 0 Å². The fourth-order valence-corrected chi connectivity index (χ4v) is 1.07. The zero-order valence-corrected chi connectivity index (χ0v) is 7.95. The van der Waals surface area contributed by atoms with Gasteiger partial charge in [-0.05, 0) is 18.6 Å². The second-order valence-electron chi connectivity index (χ2n) is 3.16. The fourth-order valence-electron chi connectivity index (χ4n) is 1.07. The predicted molar refractivity (Wildman–Crippen MR) is 50.0 cm³/mol. The van der Waals surface area contributed by atoms with Gasteiger partial charge in [0.2, 0.25) is 0 Å². The van der Waals surface area contributed by atoms with Crippen molar-refractivity contribution in [1.82, 2.24) is 0 Å². The SMILES string of the molecule is CCC(C)c1ccc(C(N)C#N)o1. The zero-order valence-electron chi connectivity index (χ0n) is 7.95. The summed E-state index contributed by atoms with van der Waals surface area (Å²) in [6, 6.07) is 4.96.